The van der Waals surface area contributed by atoms with E-state index in [9.17, 15) is 0 Å². The van der Waals surface area contributed by atoms with Gasteiger partial charge in [0.25, 0.3) is 0 Å². The highest BCUT2D eigenvalue weighted by Crippen LogP contribution is 2.26. The molecule has 1 nitrogen and oxygen atoms in total. The number of aryl methyl sites for hydroxylation is 1. The van der Waals surface area contributed by atoms with Crippen molar-refractivity contribution in [2.45, 2.75) is 57.8 Å². The molecule has 1 saturated carbocycles. The van der Waals surface area contributed by atoms with Gasteiger partial charge >= 0.3 is 0 Å². The fraction of sp³-hybridized carbons (Fsp3) is 0.667. The number of halogens is 1. The molecule has 0 unspecified atom stereocenters. The largest absolute Gasteiger partial charge is 0.317 e. The Hall–Kier alpha value is -0.530. The topological polar surface area (TPSA) is 12.0 Å². The normalized spacial score (nSPS) is 15.8. The second-order valence-corrected chi connectivity index (χ2v) is 5.99. The Morgan fingerprint density at radius 2 is 1.60 bits per heavy atom. The van der Waals surface area contributed by atoms with E-state index >= 15 is 0 Å². The average Bonchev–Trinajstić information content (AvgIpc) is 2.48. The maximum Gasteiger partial charge on any atom is -0.00457 e. The summed E-state index contributed by atoms with van der Waals surface area (Å²) >= 11 is 0. The molecule has 0 saturated heterocycles. The molecule has 20 heavy (non-hydrogen) atoms. The fourth-order valence-electron chi connectivity index (χ4n) is 3.18. The third kappa shape index (κ3) is 7.31. The maximum atomic E-state index is 3.60. The van der Waals surface area contributed by atoms with E-state index in [0.717, 1.165) is 5.92 Å². The van der Waals surface area contributed by atoms with Gasteiger partial charge in [0, 0.05) is 0 Å². The van der Waals surface area contributed by atoms with Gasteiger partial charge in [-0.2, -0.15) is 0 Å². The van der Waals surface area contributed by atoms with Crippen LogP contribution in [0.25, 0.3) is 0 Å². The van der Waals surface area contributed by atoms with Gasteiger partial charge in [-0.25, -0.2) is 0 Å². The number of benzene rings is 1. The first-order valence-corrected chi connectivity index (χ1v) is 8.20. The highest BCUT2D eigenvalue weighted by molar-refractivity contribution is 5.85. The highest BCUT2D eigenvalue weighted by atomic mass is 35.5. The summed E-state index contributed by atoms with van der Waals surface area (Å²) < 4.78 is 0. The highest BCUT2D eigenvalue weighted by Gasteiger charge is 2.12. The number of rotatable bonds is 8. The van der Waals surface area contributed by atoms with Gasteiger partial charge in [0.05, 0.1) is 0 Å². The first-order valence-electron chi connectivity index (χ1n) is 8.20. The van der Waals surface area contributed by atoms with Crippen molar-refractivity contribution in [3.63, 3.8) is 0 Å². The molecular formula is C18H30ClN. The van der Waals surface area contributed by atoms with Crippen molar-refractivity contribution in [2.75, 3.05) is 13.1 Å². The minimum absolute atomic E-state index is 0. The lowest BCUT2D eigenvalue weighted by Crippen LogP contribution is -2.18. The zero-order valence-corrected chi connectivity index (χ0v) is 13.5. The van der Waals surface area contributed by atoms with Crippen molar-refractivity contribution in [3.05, 3.63) is 35.9 Å². The predicted molar refractivity (Wildman–Crippen MR) is 90.7 cm³/mol. The molecule has 2 heteroatoms. The lowest BCUT2D eigenvalue weighted by Gasteiger charge is -2.21. The number of hydrogen-bond donors (Lipinski definition) is 1. The lowest BCUT2D eigenvalue weighted by atomic mass is 9.86. The molecule has 2 rings (SSSR count). The van der Waals surface area contributed by atoms with Crippen LogP contribution < -0.4 is 5.32 Å². The predicted octanol–water partition coefficient (Wildman–Crippen LogP) is 4.99. The molecule has 0 aromatic heterocycles. The average molecular weight is 296 g/mol. The van der Waals surface area contributed by atoms with Crippen LogP contribution in [0.4, 0.5) is 0 Å². The standard InChI is InChI=1S/C18H29N.ClH/c1-3-9-17(10-4-1)13-7-15-19-16-8-14-18-11-5-2-6-12-18;/h1,3-4,9-10,18-19H,2,5-8,11-16H2;1H. The monoisotopic (exact) mass is 295 g/mol. The molecule has 0 spiro atoms. The maximum absolute atomic E-state index is 3.60. The van der Waals surface area contributed by atoms with Gasteiger partial charge < -0.3 is 5.32 Å². The van der Waals surface area contributed by atoms with Crippen molar-refractivity contribution in [3.8, 4) is 0 Å². The summed E-state index contributed by atoms with van der Waals surface area (Å²) in [6.07, 6.45) is 12.7. The van der Waals surface area contributed by atoms with E-state index in [1.54, 1.807) is 0 Å². The number of nitrogens with one attached hydrogen (secondary N) is 1. The summed E-state index contributed by atoms with van der Waals surface area (Å²) in [5.74, 6) is 1.04. The Labute approximate surface area is 131 Å². The van der Waals surface area contributed by atoms with Gasteiger partial charge in [-0.1, -0.05) is 62.4 Å². The Kier molecular flexibility index (Phi) is 9.78. The molecule has 1 fully saturated rings. The summed E-state index contributed by atoms with van der Waals surface area (Å²) in [5, 5.41) is 3.60. The van der Waals surface area contributed by atoms with Crippen LogP contribution in [-0.2, 0) is 6.42 Å². The molecule has 1 aromatic rings. The SMILES string of the molecule is Cl.c1ccc(CCCNCCCC2CCCCC2)cc1. The Balaban J connectivity index is 0.00000200. The van der Waals surface area contributed by atoms with Crippen LogP contribution in [0.3, 0.4) is 0 Å². The first-order chi connectivity index (χ1) is 9.45. The van der Waals surface area contributed by atoms with Crippen LogP contribution in [0.2, 0.25) is 0 Å². The zero-order chi connectivity index (χ0) is 13.2. The van der Waals surface area contributed by atoms with Gasteiger partial charge in [-0.3, -0.25) is 0 Å². The van der Waals surface area contributed by atoms with Crippen LogP contribution in [0.1, 0.15) is 56.9 Å². The zero-order valence-electron chi connectivity index (χ0n) is 12.7. The minimum atomic E-state index is 0. The fourth-order valence-corrected chi connectivity index (χ4v) is 3.18. The third-order valence-electron chi connectivity index (χ3n) is 4.35. The van der Waals surface area contributed by atoms with Gasteiger partial charge in [0.1, 0.15) is 0 Å². The van der Waals surface area contributed by atoms with Gasteiger partial charge in [-0.05, 0) is 50.3 Å². The van der Waals surface area contributed by atoms with E-state index in [2.05, 4.69) is 35.6 Å². The first kappa shape index (κ1) is 17.5. The van der Waals surface area contributed by atoms with E-state index in [-0.39, 0.29) is 12.4 Å². The molecule has 1 N–H and O–H groups in total. The Bertz CT molecular complexity index is 319. The van der Waals surface area contributed by atoms with Crippen molar-refractivity contribution in [1.82, 2.24) is 5.32 Å². The quantitative estimate of drug-likeness (QED) is 0.666. The summed E-state index contributed by atoms with van der Waals surface area (Å²) in [6, 6.07) is 10.8. The molecule has 1 aliphatic carbocycles. The van der Waals surface area contributed by atoms with Crippen LogP contribution in [0.15, 0.2) is 30.3 Å². The van der Waals surface area contributed by atoms with E-state index in [0.29, 0.717) is 0 Å². The molecular weight excluding hydrogens is 266 g/mol. The van der Waals surface area contributed by atoms with E-state index in [1.807, 2.05) is 0 Å². The lowest BCUT2D eigenvalue weighted by molar-refractivity contribution is 0.330. The van der Waals surface area contributed by atoms with Crippen molar-refractivity contribution >= 4 is 12.4 Å². The van der Waals surface area contributed by atoms with Crippen molar-refractivity contribution in [2.24, 2.45) is 5.92 Å². The molecule has 0 aliphatic heterocycles. The second kappa shape index (κ2) is 11.2. The molecule has 114 valence electrons. The van der Waals surface area contributed by atoms with Crippen LogP contribution in [-0.4, -0.2) is 13.1 Å². The van der Waals surface area contributed by atoms with Crippen LogP contribution >= 0.6 is 12.4 Å². The third-order valence-corrected chi connectivity index (χ3v) is 4.35. The smallest absolute Gasteiger partial charge is 0.00457 e. The van der Waals surface area contributed by atoms with Gasteiger partial charge in [0.15, 0.2) is 0 Å². The Morgan fingerprint density at radius 3 is 2.35 bits per heavy atom. The summed E-state index contributed by atoms with van der Waals surface area (Å²) in [7, 11) is 0. The molecule has 0 radical (unpaired) electrons. The van der Waals surface area contributed by atoms with Crippen molar-refractivity contribution in [1.29, 1.82) is 0 Å². The number of hydrogen-bond acceptors (Lipinski definition) is 1. The van der Waals surface area contributed by atoms with Crippen molar-refractivity contribution < 1.29 is 0 Å². The summed E-state index contributed by atoms with van der Waals surface area (Å²) in [5.41, 5.74) is 1.46. The van der Waals surface area contributed by atoms with Gasteiger partial charge in [0.2, 0.25) is 0 Å². The molecule has 1 aliphatic rings. The minimum Gasteiger partial charge on any atom is -0.317 e. The second-order valence-electron chi connectivity index (χ2n) is 5.99. The molecule has 1 aromatic carbocycles. The molecule has 0 bridgehead atoms. The van der Waals surface area contributed by atoms with Crippen LogP contribution in [0, 0.1) is 5.92 Å². The molecule has 0 amide bonds. The Morgan fingerprint density at radius 1 is 0.900 bits per heavy atom. The van der Waals surface area contributed by atoms with E-state index in [1.165, 1.54) is 76.4 Å². The van der Waals surface area contributed by atoms with Gasteiger partial charge in [-0.15, -0.1) is 12.4 Å². The van der Waals surface area contributed by atoms with E-state index < -0.39 is 0 Å². The molecule has 0 atom stereocenters. The van der Waals surface area contributed by atoms with Crippen LogP contribution in [0.5, 0.6) is 0 Å². The summed E-state index contributed by atoms with van der Waals surface area (Å²) in [6.45, 7) is 2.38. The summed E-state index contributed by atoms with van der Waals surface area (Å²) in [4.78, 5) is 0. The van der Waals surface area contributed by atoms with E-state index in [4.69, 9.17) is 0 Å². The molecule has 0 heterocycles.